The van der Waals surface area contributed by atoms with Gasteiger partial charge in [-0.05, 0) is 38.7 Å². The fourth-order valence-electron chi connectivity index (χ4n) is 3.10. The number of rotatable bonds is 5. The van der Waals surface area contributed by atoms with E-state index in [1.807, 2.05) is 6.92 Å². The van der Waals surface area contributed by atoms with Gasteiger partial charge in [-0.1, -0.05) is 12.8 Å². The average Bonchev–Trinajstić information content (AvgIpc) is 3.18. The first-order chi connectivity index (χ1) is 10.7. The number of nitrogens with zero attached hydrogens (tertiary/aromatic N) is 2. The van der Waals surface area contributed by atoms with Crippen LogP contribution < -0.4 is 10.6 Å². The van der Waals surface area contributed by atoms with Crippen molar-refractivity contribution in [3.63, 3.8) is 0 Å². The van der Waals surface area contributed by atoms with Gasteiger partial charge in [-0.3, -0.25) is 4.79 Å². The van der Waals surface area contributed by atoms with Crippen LogP contribution in [-0.4, -0.2) is 41.2 Å². The molecule has 120 valence electrons. The molecule has 1 atom stereocenters. The second kappa shape index (κ2) is 7.05. The molecule has 6 nitrogen and oxygen atoms in total. The van der Waals surface area contributed by atoms with E-state index >= 15 is 0 Å². The molecule has 2 fully saturated rings. The molecule has 6 heteroatoms. The Hall–Kier alpha value is -1.69. The number of hydrogen-bond donors (Lipinski definition) is 2. The third-order valence-electron chi connectivity index (χ3n) is 4.29. The summed E-state index contributed by atoms with van der Waals surface area (Å²) in [5, 5.41) is 6.25. The SMILES string of the molecule is Cc1cc(C(=O)NC2CCCC2)nc(NCC2CCCO2)n1. The second-order valence-corrected chi connectivity index (χ2v) is 6.19. The number of anilines is 1. The van der Waals surface area contributed by atoms with Crippen LogP contribution in [0.15, 0.2) is 6.07 Å². The maximum atomic E-state index is 12.3. The minimum atomic E-state index is -0.0995. The third kappa shape index (κ3) is 3.94. The van der Waals surface area contributed by atoms with Crippen LogP contribution in [0.25, 0.3) is 0 Å². The predicted octanol–water partition coefficient (Wildman–Crippen LogP) is 2.05. The molecular weight excluding hydrogens is 280 g/mol. The van der Waals surface area contributed by atoms with Gasteiger partial charge in [0.05, 0.1) is 6.10 Å². The maximum absolute atomic E-state index is 12.3. The highest BCUT2D eigenvalue weighted by Crippen LogP contribution is 2.18. The van der Waals surface area contributed by atoms with Crippen molar-refractivity contribution in [2.24, 2.45) is 0 Å². The van der Waals surface area contributed by atoms with Crippen molar-refractivity contribution in [1.82, 2.24) is 15.3 Å². The van der Waals surface area contributed by atoms with Gasteiger partial charge in [0.2, 0.25) is 5.95 Å². The number of carbonyl (C=O) groups is 1. The smallest absolute Gasteiger partial charge is 0.270 e. The first kappa shape index (κ1) is 15.2. The topological polar surface area (TPSA) is 76.1 Å². The van der Waals surface area contributed by atoms with Crippen molar-refractivity contribution in [2.45, 2.75) is 57.6 Å². The van der Waals surface area contributed by atoms with E-state index in [1.165, 1.54) is 12.8 Å². The Labute approximate surface area is 131 Å². The number of aryl methyl sites for hydroxylation is 1. The lowest BCUT2D eigenvalue weighted by Gasteiger charge is -2.14. The molecule has 0 aromatic carbocycles. The Bertz CT molecular complexity index is 523. The minimum absolute atomic E-state index is 0.0995. The molecule has 0 radical (unpaired) electrons. The van der Waals surface area contributed by atoms with Crippen molar-refractivity contribution in [3.8, 4) is 0 Å². The van der Waals surface area contributed by atoms with Crippen LogP contribution in [0.2, 0.25) is 0 Å². The Morgan fingerprint density at radius 1 is 1.27 bits per heavy atom. The molecule has 1 amide bonds. The largest absolute Gasteiger partial charge is 0.376 e. The van der Waals surface area contributed by atoms with Crippen LogP contribution in [0.1, 0.15) is 54.7 Å². The Balaban J connectivity index is 1.61. The third-order valence-corrected chi connectivity index (χ3v) is 4.29. The van der Waals surface area contributed by atoms with Crippen LogP contribution in [-0.2, 0) is 4.74 Å². The Morgan fingerprint density at radius 3 is 2.82 bits per heavy atom. The summed E-state index contributed by atoms with van der Waals surface area (Å²) < 4.78 is 5.57. The minimum Gasteiger partial charge on any atom is -0.376 e. The van der Waals surface area contributed by atoms with E-state index in [1.54, 1.807) is 6.07 Å². The highest BCUT2D eigenvalue weighted by Gasteiger charge is 2.20. The lowest BCUT2D eigenvalue weighted by Crippen LogP contribution is -2.33. The molecule has 1 aliphatic carbocycles. The normalized spacial score (nSPS) is 22.0. The molecule has 0 spiro atoms. The van der Waals surface area contributed by atoms with E-state index in [0.29, 0.717) is 24.2 Å². The molecule has 1 unspecified atom stereocenters. The van der Waals surface area contributed by atoms with Gasteiger partial charge in [-0.15, -0.1) is 0 Å². The molecule has 1 aromatic heterocycles. The van der Waals surface area contributed by atoms with Gasteiger partial charge in [0, 0.05) is 24.9 Å². The van der Waals surface area contributed by atoms with Crippen LogP contribution in [0, 0.1) is 6.92 Å². The summed E-state index contributed by atoms with van der Waals surface area (Å²) in [6.45, 7) is 3.40. The van der Waals surface area contributed by atoms with Crippen LogP contribution >= 0.6 is 0 Å². The highest BCUT2D eigenvalue weighted by molar-refractivity contribution is 5.92. The molecule has 2 heterocycles. The number of hydrogen-bond acceptors (Lipinski definition) is 5. The molecule has 3 rings (SSSR count). The Kier molecular flexibility index (Phi) is 4.87. The standard InChI is InChI=1S/C16H24N4O2/c1-11-9-14(15(21)19-12-5-2-3-6-12)20-16(18-11)17-10-13-7-4-8-22-13/h9,12-13H,2-8,10H2,1H3,(H,19,21)(H,17,18,20). The van der Waals surface area contributed by atoms with Gasteiger partial charge in [-0.2, -0.15) is 0 Å². The monoisotopic (exact) mass is 304 g/mol. The number of nitrogens with one attached hydrogen (secondary N) is 2. The van der Waals surface area contributed by atoms with Crippen LogP contribution in [0.4, 0.5) is 5.95 Å². The quantitative estimate of drug-likeness (QED) is 0.870. The van der Waals surface area contributed by atoms with Gasteiger partial charge in [0.15, 0.2) is 0 Å². The van der Waals surface area contributed by atoms with Crippen molar-refractivity contribution in [1.29, 1.82) is 0 Å². The lowest BCUT2D eigenvalue weighted by molar-refractivity contribution is 0.0932. The summed E-state index contributed by atoms with van der Waals surface area (Å²) in [6, 6.07) is 2.03. The van der Waals surface area contributed by atoms with Crippen molar-refractivity contribution < 1.29 is 9.53 Å². The zero-order chi connectivity index (χ0) is 15.4. The molecule has 1 saturated carbocycles. The summed E-state index contributed by atoms with van der Waals surface area (Å²) in [4.78, 5) is 21.0. The van der Waals surface area contributed by atoms with Gasteiger partial charge in [0.1, 0.15) is 5.69 Å². The van der Waals surface area contributed by atoms with Crippen molar-refractivity contribution in [2.75, 3.05) is 18.5 Å². The number of ether oxygens (including phenoxy) is 1. The second-order valence-electron chi connectivity index (χ2n) is 6.19. The summed E-state index contributed by atoms with van der Waals surface area (Å²) in [6.07, 6.45) is 6.92. The Morgan fingerprint density at radius 2 is 2.09 bits per heavy atom. The zero-order valence-corrected chi connectivity index (χ0v) is 13.1. The van der Waals surface area contributed by atoms with Gasteiger partial charge < -0.3 is 15.4 Å². The molecule has 2 aliphatic rings. The lowest BCUT2D eigenvalue weighted by atomic mass is 10.2. The highest BCUT2D eigenvalue weighted by atomic mass is 16.5. The summed E-state index contributed by atoms with van der Waals surface area (Å²) in [5.74, 6) is 0.407. The molecule has 1 saturated heterocycles. The molecule has 1 aromatic rings. The number of aromatic nitrogens is 2. The fraction of sp³-hybridized carbons (Fsp3) is 0.688. The van der Waals surface area contributed by atoms with Gasteiger partial charge in [0.25, 0.3) is 5.91 Å². The van der Waals surface area contributed by atoms with E-state index in [0.717, 1.165) is 38.0 Å². The summed E-state index contributed by atoms with van der Waals surface area (Å²) in [7, 11) is 0. The molecule has 0 bridgehead atoms. The maximum Gasteiger partial charge on any atom is 0.270 e. The van der Waals surface area contributed by atoms with Gasteiger partial charge >= 0.3 is 0 Å². The van der Waals surface area contributed by atoms with E-state index < -0.39 is 0 Å². The summed E-state index contributed by atoms with van der Waals surface area (Å²) >= 11 is 0. The average molecular weight is 304 g/mol. The van der Waals surface area contributed by atoms with Crippen molar-refractivity contribution in [3.05, 3.63) is 17.5 Å². The first-order valence-electron chi connectivity index (χ1n) is 8.23. The predicted molar refractivity (Wildman–Crippen MR) is 84.0 cm³/mol. The van der Waals surface area contributed by atoms with E-state index in [9.17, 15) is 4.79 Å². The zero-order valence-electron chi connectivity index (χ0n) is 13.1. The number of carbonyl (C=O) groups excluding carboxylic acids is 1. The molecular formula is C16H24N4O2. The first-order valence-corrected chi connectivity index (χ1v) is 8.23. The molecule has 2 N–H and O–H groups in total. The van der Waals surface area contributed by atoms with E-state index in [2.05, 4.69) is 20.6 Å². The van der Waals surface area contributed by atoms with Crippen LogP contribution in [0.5, 0.6) is 0 Å². The molecule has 1 aliphatic heterocycles. The van der Waals surface area contributed by atoms with E-state index in [-0.39, 0.29) is 12.0 Å². The summed E-state index contributed by atoms with van der Waals surface area (Å²) in [5.41, 5.74) is 1.23. The van der Waals surface area contributed by atoms with Gasteiger partial charge in [-0.25, -0.2) is 9.97 Å². The van der Waals surface area contributed by atoms with Crippen LogP contribution in [0.3, 0.4) is 0 Å². The van der Waals surface area contributed by atoms with E-state index in [4.69, 9.17) is 4.74 Å². The molecule has 22 heavy (non-hydrogen) atoms. The number of amides is 1. The fourth-order valence-corrected chi connectivity index (χ4v) is 3.10. The van der Waals surface area contributed by atoms with Crippen molar-refractivity contribution >= 4 is 11.9 Å².